The van der Waals surface area contributed by atoms with Crippen LogP contribution in [0.15, 0.2) is 48.8 Å². The van der Waals surface area contributed by atoms with Crippen LogP contribution in [0.1, 0.15) is 15.9 Å². The van der Waals surface area contributed by atoms with Crippen LogP contribution in [-0.2, 0) is 4.74 Å². The Hall–Kier alpha value is -2.74. The molecule has 1 saturated heterocycles. The Labute approximate surface area is 170 Å². The molecule has 0 spiro atoms. The number of methoxy groups -OCH3 is 1. The highest BCUT2D eigenvalue weighted by Crippen LogP contribution is 2.28. The van der Waals surface area contributed by atoms with E-state index < -0.39 is 6.10 Å². The van der Waals surface area contributed by atoms with E-state index >= 15 is 0 Å². The minimum Gasteiger partial charge on any atom is -0.493 e. The van der Waals surface area contributed by atoms with Gasteiger partial charge in [-0.05, 0) is 35.9 Å². The first-order valence-electron chi connectivity index (χ1n) is 9.57. The predicted molar refractivity (Wildman–Crippen MR) is 109 cm³/mol. The van der Waals surface area contributed by atoms with Gasteiger partial charge < -0.3 is 19.3 Å². The molecule has 1 aliphatic heterocycles. The lowest BCUT2D eigenvalue weighted by Gasteiger charge is -2.28. The second-order valence-electron chi connectivity index (χ2n) is 6.72. The maximum absolute atomic E-state index is 12.2. The number of rotatable bonds is 9. The molecule has 3 rings (SSSR count). The third-order valence-electron chi connectivity index (χ3n) is 4.58. The van der Waals surface area contributed by atoms with Crippen molar-refractivity contribution >= 4 is 11.9 Å². The Morgan fingerprint density at radius 1 is 1.24 bits per heavy atom. The van der Waals surface area contributed by atoms with Crippen molar-refractivity contribution in [1.29, 1.82) is 0 Å². The summed E-state index contributed by atoms with van der Waals surface area (Å²) < 4.78 is 16.5. The Kier molecular flexibility index (Phi) is 7.75. The van der Waals surface area contributed by atoms with Crippen molar-refractivity contribution < 1.29 is 24.1 Å². The zero-order chi connectivity index (χ0) is 20.5. The molecule has 0 saturated carbocycles. The number of aliphatic hydroxyl groups excluding tert-OH is 1. The summed E-state index contributed by atoms with van der Waals surface area (Å²) in [4.78, 5) is 18.3. The number of benzene rings is 1. The van der Waals surface area contributed by atoms with Gasteiger partial charge in [0.25, 0.3) is 0 Å². The summed E-state index contributed by atoms with van der Waals surface area (Å²) >= 11 is 0. The lowest BCUT2D eigenvalue weighted by molar-refractivity contribution is 0.00445. The summed E-state index contributed by atoms with van der Waals surface area (Å²) in [5.74, 6) is 0.986. The van der Waals surface area contributed by atoms with Gasteiger partial charge in [0.05, 0.1) is 20.3 Å². The number of hydrogen-bond acceptors (Lipinski definition) is 7. The molecule has 1 aromatic heterocycles. The van der Waals surface area contributed by atoms with Gasteiger partial charge in [-0.3, -0.25) is 14.7 Å². The zero-order valence-electron chi connectivity index (χ0n) is 16.5. The van der Waals surface area contributed by atoms with Crippen LogP contribution >= 0.6 is 0 Å². The summed E-state index contributed by atoms with van der Waals surface area (Å²) in [6.45, 7) is 3.68. The number of ketones is 1. The molecule has 0 aliphatic carbocycles. The smallest absolute Gasteiger partial charge is 0.185 e. The quantitative estimate of drug-likeness (QED) is 0.511. The van der Waals surface area contributed by atoms with E-state index in [0.29, 0.717) is 36.8 Å². The number of hydrogen-bond donors (Lipinski definition) is 1. The first kappa shape index (κ1) is 21.0. The number of β-amino-alcohol motifs (C(OH)–C–C–N with tert-alkyl or cyclic N) is 1. The molecule has 1 fully saturated rings. The van der Waals surface area contributed by atoms with Crippen LogP contribution in [-0.4, -0.2) is 73.4 Å². The number of nitrogens with zero attached hydrogens (tertiary/aromatic N) is 2. The second kappa shape index (κ2) is 10.7. The van der Waals surface area contributed by atoms with E-state index in [1.807, 2.05) is 6.07 Å². The maximum atomic E-state index is 12.2. The largest absolute Gasteiger partial charge is 0.493 e. The summed E-state index contributed by atoms with van der Waals surface area (Å²) in [5.41, 5.74) is 1.37. The van der Waals surface area contributed by atoms with Gasteiger partial charge in [-0.25, -0.2) is 0 Å². The SMILES string of the molecule is COc1ccc(/C=C/C(=O)c2ccncc2)cc1OCC(O)CN1CCOCC1. The number of aliphatic hydroxyl groups is 1. The molecule has 0 bridgehead atoms. The van der Waals surface area contributed by atoms with Gasteiger partial charge in [0, 0.05) is 37.6 Å². The van der Waals surface area contributed by atoms with Crippen LogP contribution in [0, 0.1) is 0 Å². The third kappa shape index (κ3) is 6.39. The number of carbonyl (C=O) groups excluding carboxylic acids is 1. The van der Waals surface area contributed by atoms with Crippen molar-refractivity contribution in [2.75, 3.05) is 46.6 Å². The topological polar surface area (TPSA) is 81.1 Å². The third-order valence-corrected chi connectivity index (χ3v) is 4.58. The Morgan fingerprint density at radius 3 is 2.72 bits per heavy atom. The molecule has 154 valence electrons. The fourth-order valence-electron chi connectivity index (χ4n) is 3.01. The molecular formula is C22H26N2O5. The molecule has 2 aromatic rings. The van der Waals surface area contributed by atoms with Gasteiger partial charge >= 0.3 is 0 Å². The fourth-order valence-corrected chi connectivity index (χ4v) is 3.01. The van der Waals surface area contributed by atoms with E-state index in [2.05, 4.69) is 9.88 Å². The van der Waals surface area contributed by atoms with Crippen LogP contribution in [0.2, 0.25) is 0 Å². The molecule has 1 aromatic carbocycles. The summed E-state index contributed by atoms with van der Waals surface area (Å²) in [6.07, 6.45) is 5.78. The highest BCUT2D eigenvalue weighted by atomic mass is 16.5. The molecule has 7 nitrogen and oxygen atoms in total. The fraction of sp³-hybridized carbons (Fsp3) is 0.364. The van der Waals surface area contributed by atoms with Crippen molar-refractivity contribution in [3.63, 3.8) is 0 Å². The number of carbonyl (C=O) groups is 1. The van der Waals surface area contributed by atoms with Crippen molar-refractivity contribution in [3.05, 3.63) is 59.9 Å². The van der Waals surface area contributed by atoms with E-state index in [4.69, 9.17) is 14.2 Å². The Bertz CT molecular complexity index is 819. The average Bonchev–Trinajstić information content (AvgIpc) is 2.77. The Balaban J connectivity index is 1.60. The minimum atomic E-state index is -0.620. The molecule has 29 heavy (non-hydrogen) atoms. The van der Waals surface area contributed by atoms with Gasteiger partial charge in [0.1, 0.15) is 12.7 Å². The molecule has 0 amide bonds. The molecule has 7 heteroatoms. The zero-order valence-corrected chi connectivity index (χ0v) is 16.5. The normalized spacial score (nSPS) is 15.9. The van der Waals surface area contributed by atoms with E-state index in [-0.39, 0.29) is 12.4 Å². The van der Waals surface area contributed by atoms with E-state index in [1.165, 1.54) is 6.08 Å². The highest BCUT2D eigenvalue weighted by molar-refractivity contribution is 6.06. The second-order valence-corrected chi connectivity index (χ2v) is 6.72. The van der Waals surface area contributed by atoms with Crippen molar-refractivity contribution in [3.8, 4) is 11.5 Å². The average molecular weight is 398 g/mol. The summed E-state index contributed by atoms with van der Waals surface area (Å²) in [6, 6.07) is 8.75. The number of ether oxygens (including phenoxy) is 3. The molecule has 1 aliphatic rings. The highest BCUT2D eigenvalue weighted by Gasteiger charge is 2.16. The molecule has 0 radical (unpaired) electrons. The lowest BCUT2D eigenvalue weighted by Crippen LogP contribution is -2.42. The maximum Gasteiger partial charge on any atom is 0.185 e. The molecule has 1 N–H and O–H groups in total. The summed E-state index contributed by atoms with van der Waals surface area (Å²) in [7, 11) is 1.56. The first-order chi connectivity index (χ1) is 14.2. The van der Waals surface area contributed by atoms with Gasteiger partial charge in [-0.1, -0.05) is 12.1 Å². The molecule has 1 unspecified atom stereocenters. The molecule has 1 atom stereocenters. The standard InChI is InChI=1S/C22H26N2O5/c1-27-21-5-3-17(2-4-20(26)18-6-8-23-9-7-18)14-22(21)29-16-19(25)15-24-10-12-28-13-11-24/h2-9,14,19,25H,10-13,15-16H2,1H3/b4-2+. The Morgan fingerprint density at radius 2 is 2.00 bits per heavy atom. The van der Waals surface area contributed by atoms with Gasteiger partial charge in [0.15, 0.2) is 17.3 Å². The van der Waals surface area contributed by atoms with Gasteiger partial charge in [0.2, 0.25) is 0 Å². The number of morpholine rings is 1. The first-order valence-corrected chi connectivity index (χ1v) is 9.57. The lowest BCUT2D eigenvalue weighted by atomic mass is 10.1. The van der Waals surface area contributed by atoms with Crippen LogP contribution in [0.4, 0.5) is 0 Å². The monoisotopic (exact) mass is 398 g/mol. The molecule has 2 heterocycles. The van der Waals surface area contributed by atoms with Crippen LogP contribution in [0.5, 0.6) is 11.5 Å². The number of allylic oxidation sites excluding steroid dienone is 1. The van der Waals surface area contributed by atoms with Gasteiger partial charge in [-0.15, -0.1) is 0 Å². The summed E-state index contributed by atoms with van der Waals surface area (Å²) in [5, 5.41) is 10.3. The minimum absolute atomic E-state index is 0.105. The van der Waals surface area contributed by atoms with Crippen LogP contribution < -0.4 is 9.47 Å². The van der Waals surface area contributed by atoms with Gasteiger partial charge in [-0.2, -0.15) is 0 Å². The van der Waals surface area contributed by atoms with E-state index in [9.17, 15) is 9.90 Å². The van der Waals surface area contributed by atoms with Crippen molar-refractivity contribution in [1.82, 2.24) is 9.88 Å². The number of pyridine rings is 1. The van der Waals surface area contributed by atoms with E-state index in [1.54, 1.807) is 49.8 Å². The molecular weight excluding hydrogens is 372 g/mol. The van der Waals surface area contributed by atoms with Crippen molar-refractivity contribution in [2.24, 2.45) is 0 Å². The number of aromatic nitrogens is 1. The predicted octanol–water partition coefficient (Wildman–Crippen LogP) is 2.06. The van der Waals surface area contributed by atoms with Crippen LogP contribution in [0.3, 0.4) is 0 Å². The van der Waals surface area contributed by atoms with Crippen LogP contribution in [0.25, 0.3) is 6.08 Å². The van der Waals surface area contributed by atoms with E-state index in [0.717, 1.165) is 18.7 Å². The van der Waals surface area contributed by atoms with Crippen molar-refractivity contribution in [2.45, 2.75) is 6.10 Å².